The van der Waals surface area contributed by atoms with Crippen LogP contribution in [-0.2, 0) is 0 Å². The zero-order valence-electron chi connectivity index (χ0n) is 8.90. The number of carbonyl (C=O) groups excluding carboxylic acids is 1. The van der Waals surface area contributed by atoms with Crippen LogP contribution in [0.3, 0.4) is 0 Å². The van der Waals surface area contributed by atoms with Gasteiger partial charge < -0.3 is 5.32 Å². The molecule has 5 heteroatoms. The molecule has 0 bridgehead atoms. The Labute approximate surface area is 88.2 Å². The summed E-state index contributed by atoms with van der Waals surface area (Å²) < 4.78 is 0. The van der Waals surface area contributed by atoms with Crippen LogP contribution >= 0.6 is 0 Å². The highest BCUT2D eigenvalue weighted by molar-refractivity contribution is 5.92. The van der Waals surface area contributed by atoms with Crippen molar-refractivity contribution in [2.45, 2.75) is 26.8 Å². The third-order valence-corrected chi connectivity index (χ3v) is 1.62. The standard InChI is InChI=1S/C10H12N4O/c1-6(2)12-10-13-8(5-11)4-9(14-10)7(3)15/h4,6H,1-3H3,(H,12,13,14). The maximum absolute atomic E-state index is 11.1. The fourth-order valence-corrected chi connectivity index (χ4v) is 1.01. The monoisotopic (exact) mass is 204 g/mol. The van der Waals surface area contributed by atoms with E-state index in [1.807, 2.05) is 19.9 Å². The van der Waals surface area contributed by atoms with Gasteiger partial charge >= 0.3 is 0 Å². The molecule has 78 valence electrons. The second-order valence-electron chi connectivity index (χ2n) is 3.43. The van der Waals surface area contributed by atoms with E-state index in [-0.39, 0.29) is 23.2 Å². The summed E-state index contributed by atoms with van der Waals surface area (Å²) >= 11 is 0. The van der Waals surface area contributed by atoms with Crippen LogP contribution in [0.5, 0.6) is 0 Å². The zero-order valence-corrected chi connectivity index (χ0v) is 8.90. The zero-order chi connectivity index (χ0) is 11.4. The summed E-state index contributed by atoms with van der Waals surface area (Å²) in [5.74, 6) is 0.134. The van der Waals surface area contributed by atoms with Crippen LogP contribution in [0.4, 0.5) is 5.95 Å². The van der Waals surface area contributed by atoms with Gasteiger partial charge in [-0.25, -0.2) is 9.97 Å². The molecule has 0 aliphatic heterocycles. The number of nitrogens with zero attached hydrogens (tertiary/aromatic N) is 3. The molecule has 0 aliphatic rings. The van der Waals surface area contributed by atoms with Crippen molar-refractivity contribution >= 4 is 11.7 Å². The molecule has 0 radical (unpaired) electrons. The third-order valence-electron chi connectivity index (χ3n) is 1.62. The first-order chi connectivity index (χ1) is 7.02. The Hall–Kier alpha value is -1.96. The summed E-state index contributed by atoms with van der Waals surface area (Å²) in [5, 5.41) is 11.7. The van der Waals surface area contributed by atoms with Crippen molar-refractivity contribution in [2.24, 2.45) is 0 Å². The van der Waals surface area contributed by atoms with Gasteiger partial charge in [0.05, 0.1) is 0 Å². The predicted octanol–water partition coefficient (Wildman–Crippen LogP) is 1.37. The minimum absolute atomic E-state index is 0.152. The van der Waals surface area contributed by atoms with E-state index in [4.69, 9.17) is 5.26 Å². The Morgan fingerprint density at radius 2 is 2.20 bits per heavy atom. The molecule has 1 aromatic heterocycles. The number of hydrogen-bond acceptors (Lipinski definition) is 5. The largest absolute Gasteiger partial charge is 0.352 e. The van der Waals surface area contributed by atoms with Crippen molar-refractivity contribution in [1.29, 1.82) is 5.26 Å². The van der Waals surface area contributed by atoms with Gasteiger partial charge in [-0.1, -0.05) is 0 Å². The van der Waals surface area contributed by atoms with E-state index in [1.54, 1.807) is 0 Å². The Kier molecular flexibility index (Phi) is 3.34. The van der Waals surface area contributed by atoms with E-state index >= 15 is 0 Å². The molecule has 15 heavy (non-hydrogen) atoms. The topological polar surface area (TPSA) is 78.7 Å². The summed E-state index contributed by atoms with van der Waals surface area (Å²) in [4.78, 5) is 19.1. The van der Waals surface area contributed by atoms with E-state index in [2.05, 4.69) is 15.3 Å². The van der Waals surface area contributed by atoms with Crippen LogP contribution in [0, 0.1) is 11.3 Å². The van der Waals surface area contributed by atoms with Gasteiger partial charge in [-0.15, -0.1) is 0 Å². The minimum Gasteiger partial charge on any atom is -0.352 e. The second-order valence-corrected chi connectivity index (χ2v) is 3.43. The van der Waals surface area contributed by atoms with Gasteiger partial charge in [-0.3, -0.25) is 4.79 Å². The maximum Gasteiger partial charge on any atom is 0.224 e. The summed E-state index contributed by atoms with van der Waals surface area (Å²) in [6.45, 7) is 5.26. The van der Waals surface area contributed by atoms with E-state index in [0.29, 0.717) is 5.95 Å². The number of anilines is 1. The highest BCUT2D eigenvalue weighted by Crippen LogP contribution is 2.06. The van der Waals surface area contributed by atoms with Gasteiger partial charge in [0.2, 0.25) is 5.95 Å². The first-order valence-electron chi connectivity index (χ1n) is 4.59. The molecule has 0 amide bonds. The fraction of sp³-hybridized carbons (Fsp3) is 0.400. The van der Waals surface area contributed by atoms with E-state index in [9.17, 15) is 4.79 Å². The number of hydrogen-bond donors (Lipinski definition) is 1. The quantitative estimate of drug-likeness (QED) is 0.752. The molecule has 1 aromatic rings. The molecular formula is C10H12N4O. The maximum atomic E-state index is 11.1. The lowest BCUT2D eigenvalue weighted by Crippen LogP contribution is -2.14. The minimum atomic E-state index is -0.180. The van der Waals surface area contributed by atoms with Gasteiger partial charge in [0.25, 0.3) is 0 Å². The van der Waals surface area contributed by atoms with Gasteiger partial charge in [-0.2, -0.15) is 5.26 Å². The van der Waals surface area contributed by atoms with Crippen molar-refractivity contribution in [2.75, 3.05) is 5.32 Å². The predicted molar refractivity (Wildman–Crippen MR) is 55.5 cm³/mol. The molecular weight excluding hydrogens is 192 g/mol. The Balaban J connectivity index is 3.13. The Bertz CT molecular complexity index is 420. The molecule has 0 unspecified atom stereocenters. The van der Waals surface area contributed by atoms with Crippen molar-refractivity contribution in [3.63, 3.8) is 0 Å². The third kappa shape index (κ3) is 3.02. The molecule has 0 saturated carbocycles. The van der Waals surface area contributed by atoms with Crippen molar-refractivity contribution in [1.82, 2.24) is 9.97 Å². The lowest BCUT2D eigenvalue weighted by molar-refractivity contribution is 0.101. The van der Waals surface area contributed by atoms with E-state index < -0.39 is 0 Å². The molecule has 1 heterocycles. The average molecular weight is 204 g/mol. The number of carbonyl (C=O) groups is 1. The lowest BCUT2D eigenvalue weighted by Gasteiger charge is -2.08. The van der Waals surface area contributed by atoms with Gasteiger partial charge in [0, 0.05) is 19.0 Å². The van der Waals surface area contributed by atoms with Crippen LogP contribution in [0.1, 0.15) is 37.0 Å². The normalized spacial score (nSPS) is 9.80. The van der Waals surface area contributed by atoms with E-state index in [0.717, 1.165) is 0 Å². The Morgan fingerprint density at radius 3 is 2.67 bits per heavy atom. The number of Topliss-reactive ketones (excluding diaryl/α,β-unsaturated/α-hetero) is 1. The summed E-state index contributed by atoms with van der Waals surface area (Å²) in [5.41, 5.74) is 0.447. The lowest BCUT2D eigenvalue weighted by atomic mass is 10.2. The molecule has 0 atom stereocenters. The summed E-state index contributed by atoms with van der Waals surface area (Å²) in [6.07, 6.45) is 0. The van der Waals surface area contributed by atoms with Crippen molar-refractivity contribution in [3.8, 4) is 6.07 Å². The number of rotatable bonds is 3. The molecule has 0 saturated heterocycles. The van der Waals surface area contributed by atoms with Gasteiger partial charge in [0.15, 0.2) is 5.78 Å². The number of nitrogens with one attached hydrogen (secondary N) is 1. The highest BCUT2D eigenvalue weighted by atomic mass is 16.1. The number of nitriles is 1. The molecule has 1 rings (SSSR count). The summed E-state index contributed by atoms with van der Waals surface area (Å²) in [6, 6.07) is 3.43. The van der Waals surface area contributed by atoms with Crippen LogP contribution in [-0.4, -0.2) is 21.8 Å². The average Bonchev–Trinajstić information content (AvgIpc) is 2.16. The van der Waals surface area contributed by atoms with Crippen LogP contribution < -0.4 is 5.32 Å². The summed E-state index contributed by atoms with van der Waals surface area (Å²) in [7, 11) is 0. The highest BCUT2D eigenvalue weighted by Gasteiger charge is 2.08. The molecule has 5 nitrogen and oxygen atoms in total. The molecule has 0 fully saturated rings. The smallest absolute Gasteiger partial charge is 0.224 e. The van der Waals surface area contributed by atoms with Crippen molar-refractivity contribution in [3.05, 3.63) is 17.5 Å². The Morgan fingerprint density at radius 1 is 1.53 bits per heavy atom. The first-order valence-corrected chi connectivity index (χ1v) is 4.59. The first kappa shape index (κ1) is 11.1. The second kappa shape index (κ2) is 4.51. The van der Waals surface area contributed by atoms with Gasteiger partial charge in [0.1, 0.15) is 17.5 Å². The van der Waals surface area contributed by atoms with Gasteiger partial charge in [-0.05, 0) is 13.8 Å². The van der Waals surface area contributed by atoms with Crippen molar-refractivity contribution < 1.29 is 4.79 Å². The van der Waals surface area contributed by atoms with Crippen LogP contribution in [0.15, 0.2) is 6.07 Å². The van der Waals surface area contributed by atoms with Crippen LogP contribution in [0.25, 0.3) is 0 Å². The number of aromatic nitrogens is 2. The van der Waals surface area contributed by atoms with Crippen LogP contribution in [0.2, 0.25) is 0 Å². The fourth-order valence-electron chi connectivity index (χ4n) is 1.01. The molecule has 1 N–H and O–H groups in total. The molecule has 0 aliphatic carbocycles. The van der Waals surface area contributed by atoms with E-state index in [1.165, 1.54) is 13.0 Å². The SMILES string of the molecule is CC(=O)c1cc(C#N)nc(NC(C)C)n1. The molecule has 0 aromatic carbocycles. The number of ketones is 1. The molecule has 0 spiro atoms.